The standard InChI is InChI=1S/C14H18BrClN2O/c1-2-18(11-6-4-3-5-7-11)14(19)12-8-10(15)9-17-13(12)16/h8-9,11H,2-7H2,1H3. The van der Waals surface area contributed by atoms with Crippen molar-refractivity contribution in [2.45, 2.75) is 45.1 Å². The quantitative estimate of drug-likeness (QED) is 0.766. The number of amides is 1. The van der Waals surface area contributed by atoms with Gasteiger partial charge in [-0.05, 0) is 41.8 Å². The Labute approximate surface area is 127 Å². The van der Waals surface area contributed by atoms with Crippen LogP contribution in [0.3, 0.4) is 0 Å². The van der Waals surface area contributed by atoms with Crippen LogP contribution in [0.1, 0.15) is 49.4 Å². The molecular formula is C14H18BrClN2O. The Morgan fingerprint density at radius 3 is 2.79 bits per heavy atom. The Morgan fingerprint density at radius 2 is 2.16 bits per heavy atom. The van der Waals surface area contributed by atoms with Crippen molar-refractivity contribution in [1.29, 1.82) is 0 Å². The predicted octanol–water partition coefficient (Wildman–Crippen LogP) is 4.29. The van der Waals surface area contributed by atoms with Gasteiger partial charge in [0.15, 0.2) is 0 Å². The van der Waals surface area contributed by atoms with Crippen molar-refractivity contribution in [3.8, 4) is 0 Å². The summed E-state index contributed by atoms with van der Waals surface area (Å²) in [6.07, 6.45) is 7.49. The first-order valence-corrected chi connectivity index (χ1v) is 7.92. The second-order valence-electron chi connectivity index (χ2n) is 4.87. The van der Waals surface area contributed by atoms with E-state index in [1.54, 1.807) is 12.3 Å². The number of hydrogen-bond acceptors (Lipinski definition) is 2. The Morgan fingerprint density at radius 1 is 1.47 bits per heavy atom. The molecule has 0 radical (unpaired) electrons. The van der Waals surface area contributed by atoms with Gasteiger partial charge in [-0.1, -0.05) is 30.9 Å². The summed E-state index contributed by atoms with van der Waals surface area (Å²) in [5.74, 6) is -0.00630. The number of rotatable bonds is 3. The fourth-order valence-corrected chi connectivity index (χ4v) is 3.20. The molecule has 3 nitrogen and oxygen atoms in total. The van der Waals surface area contributed by atoms with Crippen molar-refractivity contribution in [2.24, 2.45) is 0 Å². The fraction of sp³-hybridized carbons (Fsp3) is 0.571. The van der Waals surface area contributed by atoms with Crippen LogP contribution < -0.4 is 0 Å². The van der Waals surface area contributed by atoms with Crippen LogP contribution in [0.2, 0.25) is 5.15 Å². The number of aromatic nitrogens is 1. The average Bonchev–Trinajstić information content (AvgIpc) is 2.43. The molecule has 1 aromatic rings. The van der Waals surface area contributed by atoms with Crippen LogP contribution in [0.5, 0.6) is 0 Å². The van der Waals surface area contributed by atoms with Gasteiger partial charge in [-0.2, -0.15) is 0 Å². The molecule has 1 aliphatic rings. The summed E-state index contributed by atoms with van der Waals surface area (Å²) in [5.41, 5.74) is 0.489. The number of hydrogen-bond donors (Lipinski definition) is 0. The first-order chi connectivity index (χ1) is 9.13. The van der Waals surface area contributed by atoms with Gasteiger partial charge in [0.25, 0.3) is 5.91 Å². The average molecular weight is 346 g/mol. The largest absolute Gasteiger partial charge is 0.336 e. The zero-order valence-corrected chi connectivity index (χ0v) is 13.4. The van der Waals surface area contributed by atoms with Gasteiger partial charge in [-0.25, -0.2) is 4.98 Å². The lowest BCUT2D eigenvalue weighted by Crippen LogP contribution is -2.41. The summed E-state index contributed by atoms with van der Waals surface area (Å²) in [7, 11) is 0. The van der Waals surface area contributed by atoms with Gasteiger partial charge < -0.3 is 4.90 Å². The molecule has 5 heteroatoms. The Balaban J connectivity index is 2.22. The molecule has 1 aliphatic carbocycles. The third-order valence-corrected chi connectivity index (χ3v) is 4.39. The maximum absolute atomic E-state index is 12.6. The van der Waals surface area contributed by atoms with Crippen molar-refractivity contribution in [2.75, 3.05) is 6.54 Å². The number of nitrogens with zero attached hydrogens (tertiary/aromatic N) is 2. The van der Waals surface area contributed by atoms with E-state index in [-0.39, 0.29) is 11.1 Å². The summed E-state index contributed by atoms with van der Waals surface area (Å²) >= 11 is 9.39. The number of carbonyl (C=O) groups excluding carboxylic acids is 1. The molecule has 19 heavy (non-hydrogen) atoms. The van der Waals surface area contributed by atoms with Crippen LogP contribution in [0.4, 0.5) is 0 Å². The SMILES string of the molecule is CCN(C(=O)c1cc(Br)cnc1Cl)C1CCCCC1. The molecule has 0 spiro atoms. The molecule has 104 valence electrons. The minimum Gasteiger partial charge on any atom is -0.336 e. The van der Waals surface area contributed by atoms with Gasteiger partial charge in [-0.15, -0.1) is 0 Å². The van der Waals surface area contributed by atoms with E-state index in [0.717, 1.165) is 17.3 Å². The first kappa shape index (κ1) is 14.8. The predicted molar refractivity (Wildman–Crippen MR) is 80.5 cm³/mol. The summed E-state index contributed by atoms with van der Waals surface area (Å²) in [4.78, 5) is 18.6. The van der Waals surface area contributed by atoms with Gasteiger partial charge in [0, 0.05) is 23.3 Å². The molecule has 0 aromatic carbocycles. The normalized spacial score (nSPS) is 16.4. The second-order valence-corrected chi connectivity index (χ2v) is 6.15. The van der Waals surface area contributed by atoms with E-state index in [0.29, 0.717) is 18.2 Å². The third kappa shape index (κ3) is 3.48. The lowest BCUT2D eigenvalue weighted by Gasteiger charge is -2.33. The van der Waals surface area contributed by atoms with E-state index in [4.69, 9.17) is 11.6 Å². The first-order valence-electron chi connectivity index (χ1n) is 6.75. The molecule has 0 saturated heterocycles. The Kier molecular flexibility index (Phi) is 5.22. The second kappa shape index (κ2) is 6.71. The van der Waals surface area contributed by atoms with Gasteiger partial charge in [0.05, 0.1) is 5.56 Å². The highest BCUT2D eigenvalue weighted by Gasteiger charge is 2.26. The molecule has 1 aromatic heterocycles. The zero-order valence-electron chi connectivity index (χ0n) is 11.0. The highest BCUT2D eigenvalue weighted by Crippen LogP contribution is 2.26. The van der Waals surface area contributed by atoms with E-state index in [1.165, 1.54) is 19.3 Å². The monoisotopic (exact) mass is 344 g/mol. The van der Waals surface area contributed by atoms with Crippen LogP contribution in [-0.2, 0) is 0 Å². The highest BCUT2D eigenvalue weighted by atomic mass is 79.9. The van der Waals surface area contributed by atoms with Crippen molar-refractivity contribution >= 4 is 33.4 Å². The molecule has 1 heterocycles. The van der Waals surface area contributed by atoms with Crippen LogP contribution in [-0.4, -0.2) is 28.4 Å². The Hall–Kier alpha value is -0.610. The lowest BCUT2D eigenvalue weighted by molar-refractivity contribution is 0.0647. The molecule has 0 unspecified atom stereocenters. The molecular weight excluding hydrogens is 328 g/mol. The van der Waals surface area contributed by atoms with Crippen LogP contribution in [0.25, 0.3) is 0 Å². The number of pyridine rings is 1. The van der Waals surface area contributed by atoms with Crippen molar-refractivity contribution in [3.05, 3.63) is 27.5 Å². The molecule has 1 amide bonds. The van der Waals surface area contributed by atoms with E-state index in [2.05, 4.69) is 20.9 Å². The number of carbonyl (C=O) groups is 1. The molecule has 0 atom stereocenters. The maximum atomic E-state index is 12.6. The Bertz CT molecular complexity index is 461. The van der Waals surface area contributed by atoms with E-state index in [9.17, 15) is 4.79 Å². The third-order valence-electron chi connectivity index (χ3n) is 3.65. The summed E-state index contributed by atoms with van der Waals surface area (Å²) in [6, 6.07) is 2.10. The molecule has 1 saturated carbocycles. The maximum Gasteiger partial charge on any atom is 0.257 e. The molecule has 0 aliphatic heterocycles. The van der Waals surface area contributed by atoms with Gasteiger partial charge >= 0.3 is 0 Å². The minimum atomic E-state index is -0.00630. The molecule has 0 bridgehead atoms. The molecule has 2 rings (SSSR count). The van der Waals surface area contributed by atoms with E-state index in [1.807, 2.05) is 11.8 Å². The summed E-state index contributed by atoms with van der Waals surface area (Å²) in [5, 5.41) is 0.280. The van der Waals surface area contributed by atoms with E-state index >= 15 is 0 Å². The van der Waals surface area contributed by atoms with Gasteiger partial charge in [-0.3, -0.25) is 4.79 Å². The van der Waals surface area contributed by atoms with Crippen molar-refractivity contribution in [3.63, 3.8) is 0 Å². The number of halogens is 2. The highest BCUT2D eigenvalue weighted by molar-refractivity contribution is 9.10. The fourth-order valence-electron chi connectivity index (χ4n) is 2.69. The van der Waals surface area contributed by atoms with Crippen molar-refractivity contribution in [1.82, 2.24) is 9.88 Å². The lowest BCUT2D eigenvalue weighted by atomic mass is 9.94. The van der Waals surface area contributed by atoms with Crippen LogP contribution >= 0.6 is 27.5 Å². The van der Waals surface area contributed by atoms with Gasteiger partial charge in [0.1, 0.15) is 5.15 Å². The van der Waals surface area contributed by atoms with E-state index < -0.39 is 0 Å². The summed E-state index contributed by atoms with van der Waals surface area (Å²) in [6.45, 7) is 2.73. The molecule has 0 N–H and O–H groups in total. The van der Waals surface area contributed by atoms with Crippen LogP contribution in [0, 0.1) is 0 Å². The zero-order chi connectivity index (χ0) is 13.8. The topological polar surface area (TPSA) is 33.2 Å². The van der Waals surface area contributed by atoms with Crippen LogP contribution in [0.15, 0.2) is 16.7 Å². The van der Waals surface area contributed by atoms with Crippen molar-refractivity contribution < 1.29 is 4.79 Å². The smallest absolute Gasteiger partial charge is 0.257 e. The minimum absolute atomic E-state index is 0.00630. The summed E-state index contributed by atoms with van der Waals surface area (Å²) < 4.78 is 0.778. The molecule has 1 fully saturated rings. The van der Waals surface area contributed by atoms with Gasteiger partial charge in [0.2, 0.25) is 0 Å².